The second-order valence-corrected chi connectivity index (χ2v) is 7.55. The highest BCUT2D eigenvalue weighted by Gasteiger charge is 2.34. The molecule has 1 heterocycles. The Labute approximate surface area is 144 Å². The Bertz CT molecular complexity index is 683. The monoisotopic (exact) mass is 328 g/mol. The number of hydrogen-bond donors (Lipinski definition) is 1. The van der Waals surface area contributed by atoms with Crippen molar-refractivity contribution in [2.45, 2.75) is 37.6 Å². The van der Waals surface area contributed by atoms with E-state index in [-0.39, 0.29) is 11.7 Å². The van der Waals surface area contributed by atoms with Crippen LogP contribution in [-0.4, -0.2) is 36.3 Å². The maximum absolute atomic E-state index is 13.4. The number of benzene rings is 2. The van der Waals surface area contributed by atoms with Crippen molar-refractivity contribution in [2.75, 3.05) is 20.6 Å². The van der Waals surface area contributed by atoms with Gasteiger partial charge in [-0.05, 0) is 30.9 Å². The van der Waals surface area contributed by atoms with Crippen molar-refractivity contribution in [1.82, 2.24) is 0 Å². The number of hydrogen-bond acceptors (Lipinski definition) is 1. The van der Waals surface area contributed by atoms with Gasteiger partial charge < -0.3 is 9.59 Å². The lowest BCUT2D eigenvalue weighted by Gasteiger charge is -2.43. The zero-order valence-corrected chi connectivity index (χ0v) is 14.6. The Kier molecular flexibility index (Phi) is 4.91. The third-order valence-electron chi connectivity index (χ3n) is 5.59. The van der Waals surface area contributed by atoms with E-state index in [1.54, 1.807) is 6.07 Å². The van der Waals surface area contributed by atoms with Crippen molar-refractivity contribution in [3.8, 4) is 5.75 Å². The number of halogens is 1. The van der Waals surface area contributed by atoms with Crippen molar-refractivity contribution < 1.29 is 14.0 Å². The predicted molar refractivity (Wildman–Crippen MR) is 95.6 cm³/mol. The smallest absolute Gasteiger partial charge is 0.126 e. The topological polar surface area (TPSA) is 20.2 Å². The summed E-state index contributed by atoms with van der Waals surface area (Å²) in [4.78, 5) is 0. The molecule has 2 nitrogen and oxygen atoms in total. The van der Waals surface area contributed by atoms with Crippen molar-refractivity contribution >= 4 is 0 Å². The van der Waals surface area contributed by atoms with E-state index in [9.17, 15) is 9.50 Å². The summed E-state index contributed by atoms with van der Waals surface area (Å²) in [6.45, 7) is 1.20. The Hall–Kier alpha value is -1.87. The molecule has 2 aromatic carbocycles. The van der Waals surface area contributed by atoms with E-state index in [0.717, 1.165) is 16.5 Å². The van der Waals surface area contributed by atoms with Gasteiger partial charge in [0.05, 0.1) is 26.7 Å². The molecular weight excluding hydrogens is 301 g/mol. The highest BCUT2D eigenvalue weighted by atomic mass is 19.1. The summed E-state index contributed by atoms with van der Waals surface area (Å²) >= 11 is 0. The number of likely N-dealkylation sites (tertiary alicyclic amines) is 1. The first kappa shape index (κ1) is 17.0. The van der Waals surface area contributed by atoms with Crippen LogP contribution in [0.25, 0.3) is 0 Å². The Balaban J connectivity index is 1.96. The molecule has 24 heavy (non-hydrogen) atoms. The van der Waals surface area contributed by atoms with Gasteiger partial charge in [-0.2, -0.15) is 0 Å². The van der Waals surface area contributed by atoms with Gasteiger partial charge in [-0.25, -0.2) is 4.39 Å². The van der Waals surface area contributed by atoms with Crippen LogP contribution in [0.5, 0.6) is 5.75 Å². The third kappa shape index (κ3) is 3.62. The normalized spacial score (nSPS) is 21.4. The molecule has 1 N–H and O–H groups in total. The van der Waals surface area contributed by atoms with Gasteiger partial charge in [-0.1, -0.05) is 36.4 Å². The molecule has 1 aliphatic rings. The maximum Gasteiger partial charge on any atom is 0.126 e. The summed E-state index contributed by atoms with van der Waals surface area (Å²) in [7, 11) is 4.60. The molecule has 1 saturated heterocycles. The molecule has 0 saturated carbocycles. The second-order valence-electron chi connectivity index (χ2n) is 7.55. The fraction of sp³-hybridized carbons (Fsp3) is 0.429. The van der Waals surface area contributed by atoms with Gasteiger partial charge in [-0.15, -0.1) is 0 Å². The number of phenols is 1. The molecule has 0 aliphatic carbocycles. The predicted octanol–water partition coefficient (Wildman–Crippen LogP) is 4.68. The van der Waals surface area contributed by atoms with E-state index in [1.807, 2.05) is 18.2 Å². The first-order valence-corrected chi connectivity index (χ1v) is 8.83. The van der Waals surface area contributed by atoms with Gasteiger partial charge in [0.15, 0.2) is 0 Å². The molecule has 0 spiro atoms. The minimum atomic E-state index is -0.392. The highest BCUT2D eigenvalue weighted by Crippen LogP contribution is 2.38. The summed E-state index contributed by atoms with van der Waals surface area (Å²) in [5.41, 5.74) is 2.01. The lowest BCUT2D eigenvalue weighted by Crippen LogP contribution is -2.52. The van der Waals surface area contributed by atoms with Crippen LogP contribution in [0.4, 0.5) is 4.39 Å². The van der Waals surface area contributed by atoms with Crippen LogP contribution in [0.2, 0.25) is 0 Å². The first-order chi connectivity index (χ1) is 11.5. The summed E-state index contributed by atoms with van der Waals surface area (Å²) in [5.74, 6) is -0.242. The SMILES string of the molecule is C[N+]1(C)CCCCC1CC(c1ccccc1)c1ccc(F)cc1O. The van der Waals surface area contributed by atoms with E-state index in [2.05, 4.69) is 26.2 Å². The standard InChI is InChI=1S/C21H26FNO/c1-23(2)13-7-6-10-18(23)15-20(16-8-4-3-5-9-16)19-12-11-17(22)14-21(19)24/h3-5,8-9,11-12,14,18,20H,6-7,10,13,15H2,1-2H3/p+1. The van der Waals surface area contributed by atoms with E-state index >= 15 is 0 Å². The molecule has 2 aromatic rings. The molecule has 0 bridgehead atoms. The Morgan fingerprint density at radius 3 is 2.54 bits per heavy atom. The van der Waals surface area contributed by atoms with Crippen LogP contribution in [-0.2, 0) is 0 Å². The van der Waals surface area contributed by atoms with E-state index in [4.69, 9.17) is 0 Å². The molecule has 128 valence electrons. The minimum absolute atomic E-state index is 0.0602. The van der Waals surface area contributed by atoms with Crippen LogP contribution in [0.1, 0.15) is 42.7 Å². The fourth-order valence-electron chi connectivity index (χ4n) is 4.05. The van der Waals surface area contributed by atoms with Crippen molar-refractivity contribution in [3.05, 3.63) is 65.5 Å². The quantitative estimate of drug-likeness (QED) is 0.808. The summed E-state index contributed by atoms with van der Waals surface area (Å²) < 4.78 is 14.5. The summed E-state index contributed by atoms with van der Waals surface area (Å²) in [6, 6.07) is 15.3. The minimum Gasteiger partial charge on any atom is -0.508 e. The van der Waals surface area contributed by atoms with Gasteiger partial charge in [0.25, 0.3) is 0 Å². The Morgan fingerprint density at radius 1 is 1.12 bits per heavy atom. The number of rotatable bonds is 4. The molecule has 2 unspecified atom stereocenters. The first-order valence-electron chi connectivity index (χ1n) is 8.83. The number of aromatic hydroxyl groups is 1. The van der Waals surface area contributed by atoms with E-state index in [0.29, 0.717) is 6.04 Å². The van der Waals surface area contributed by atoms with Crippen LogP contribution in [0, 0.1) is 5.82 Å². The zero-order valence-electron chi connectivity index (χ0n) is 14.6. The number of quaternary nitrogens is 1. The molecule has 1 aliphatic heterocycles. The Morgan fingerprint density at radius 2 is 1.88 bits per heavy atom. The molecule has 2 atom stereocenters. The van der Waals surface area contributed by atoms with Gasteiger partial charge in [-0.3, -0.25) is 0 Å². The summed E-state index contributed by atoms with van der Waals surface area (Å²) in [6.07, 6.45) is 4.72. The summed E-state index contributed by atoms with van der Waals surface area (Å²) in [5, 5.41) is 10.3. The van der Waals surface area contributed by atoms with Gasteiger partial charge in [0, 0.05) is 24.0 Å². The fourth-order valence-corrected chi connectivity index (χ4v) is 4.05. The molecule has 1 fully saturated rings. The molecular formula is C21H27FNO+. The van der Waals surface area contributed by atoms with Gasteiger partial charge in [0.1, 0.15) is 11.6 Å². The molecule has 0 amide bonds. The third-order valence-corrected chi connectivity index (χ3v) is 5.59. The number of piperidine rings is 1. The van der Waals surface area contributed by atoms with Crippen molar-refractivity contribution in [2.24, 2.45) is 0 Å². The number of phenolic OH excluding ortho intramolecular Hbond substituents is 1. The molecule has 3 heteroatoms. The molecule has 0 radical (unpaired) electrons. The van der Waals surface area contributed by atoms with Crippen molar-refractivity contribution in [3.63, 3.8) is 0 Å². The second kappa shape index (κ2) is 6.94. The maximum atomic E-state index is 13.4. The molecule has 0 aromatic heterocycles. The average Bonchev–Trinajstić information content (AvgIpc) is 2.55. The van der Waals surface area contributed by atoms with Crippen LogP contribution < -0.4 is 0 Å². The number of nitrogens with zero attached hydrogens (tertiary/aromatic N) is 1. The largest absolute Gasteiger partial charge is 0.508 e. The van der Waals surface area contributed by atoms with Crippen molar-refractivity contribution in [1.29, 1.82) is 0 Å². The molecule has 3 rings (SSSR count). The van der Waals surface area contributed by atoms with Crippen LogP contribution >= 0.6 is 0 Å². The van der Waals surface area contributed by atoms with Gasteiger partial charge >= 0.3 is 0 Å². The van der Waals surface area contributed by atoms with E-state index < -0.39 is 5.82 Å². The zero-order chi connectivity index (χ0) is 17.2. The lowest BCUT2D eigenvalue weighted by atomic mass is 9.82. The van der Waals surface area contributed by atoms with Gasteiger partial charge in [0.2, 0.25) is 0 Å². The van der Waals surface area contributed by atoms with Crippen LogP contribution in [0.3, 0.4) is 0 Å². The van der Waals surface area contributed by atoms with Crippen LogP contribution in [0.15, 0.2) is 48.5 Å². The lowest BCUT2D eigenvalue weighted by molar-refractivity contribution is -0.920. The highest BCUT2D eigenvalue weighted by molar-refractivity contribution is 5.41. The average molecular weight is 328 g/mol. The van der Waals surface area contributed by atoms with E-state index in [1.165, 1.54) is 43.5 Å².